The van der Waals surface area contributed by atoms with Gasteiger partial charge in [-0.1, -0.05) is 6.92 Å². The van der Waals surface area contributed by atoms with Gasteiger partial charge in [0, 0.05) is 18.3 Å². The van der Waals surface area contributed by atoms with E-state index in [9.17, 15) is 0 Å². The average molecular weight is 316 g/mol. The molecule has 0 aliphatic rings. The summed E-state index contributed by atoms with van der Waals surface area (Å²) in [7, 11) is 0. The molecule has 0 N–H and O–H groups in total. The number of rotatable bonds is 5. The van der Waals surface area contributed by atoms with Crippen LogP contribution >= 0.6 is 27.3 Å². The van der Waals surface area contributed by atoms with Crippen LogP contribution < -0.4 is 0 Å². The monoisotopic (exact) mass is 315 g/mol. The van der Waals surface area contributed by atoms with E-state index in [1.54, 1.807) is 11.3 Å². The van der Waals surface area contributed by atoms with E-state index in [1.807, 2.05) is 6.92 Å². The molecule has 0 fully saturated rings. The summed E-state index contributed by atoms with van der Waals surface area (Å²) in [5.74, 6) is 1.30. The molecule has 0 aliphatic heterocycles. The van der Waals surface area contributed by atoms with Crippen molar-refractivity contribution in [3.63, 3.8) is 0 Å². The van der Waals surface area contributed by atoms with Gasteiger partial charge in [0.2, 0.25) is 11.8 Å². The van der Waals surface area contributed by atoms with Gasteiger partial charge in [-0.05, 0) is 34.6 Å². The van der Waals surface area contributed by atoms with Crippen molar-refractivity contribution in [1.82, 2.24) is 15.1 Å². The molecule has 0 atom stereocenters. The fraction of sp³-hybridized carbons (Fsp3) is 0.455. The van der Waals surface area contributed by atoms with Crippen LogP contribution in [0.15, 0.2) is 20.3 Å². The first-order valence-corrected chi connectivity index (χ1v) is 7.04. The highest BCUT2D eigenvalue weighted by Crippen LogP contribution is 2.23. The Kier molecular flexibility index (Phi) is 4.31. The van der Waals surface area contributed by atoms with Crippen molar-refractivity contribution >= 4 is 27.3 Å². The normalized spacial score (nSPS) is 11.3. The summed E-state index contributed by atoms with van der Waals surface area (Å²) >= 11 is 5.23. The van der Waals surface area contributed by atoms with Gasteiger partial charge in [-0.2, -0.15) is 0 Å². The molecule has 2 aromatic rings. The highest BCUT2D eigenvalue weighted by Gasteiger charge is 2.10. The minimum Gasteiger partial charge on any atom is -0.424 e. The van der Waals surface area contributed by atoms with Crippen LogP contribution in [0, 0.1) is 6.92 Å². The fourth-order valence-electron chi connectivity index (χ4n) is 1.53. The van der Waals surface area contributed by atoms with E-state index in [0.29, 0.717) is 18.3 Å². The van der Waals surface area contributed by atoms with Crippen LogP contribution in [-0.4, -0.2) is 21.6 Å². The van der Waals surface area contributed by atoms with Crippen LogP contribution in [0.3, 0.4) is 0 Å². The van der Waals surface area contributed by atoms with Gasteiger partial charge in [-0.3, -0.25) is 4.90 Å². The third kappa shape index (κ3) is 3.62. The topological polar surface area (TPSA) is 42.2 Å². The lowest BCUT2D eigenvalue weighted by atomic mass is 10.4. The van der Waals surface area contributed by atoms with Gasteiger partial charge in [0.15, 0.2) is 0 Å². The van der Waals surface area contributed by atoms with Crippen molar-refractivity contribution < 1.29 is 4.42 Å². The third-order valence-electron chi connectivity index (χ3n) is 2.38. The number of nitrogens with zero attached hydrogens (tertiary/aromatic N) is 3. The quantitative estimate of drug-likeness (QED) is 0.849. The van der Waals surface area contributed by atoms with Crippen molar-refractivity contribution in [2.24, 2.45) is 0 Å². The van der Waals surface area contributed by atoms with Crippen molar-refractivity contribution in [1.29, 1.82) is 0 Å². The second kappa shape index (κ2) is 5.75. The Morgan fingerprint density at radius 3 is 2.71 bits per heavy atom. The van der Waals surface area contributed by atoms with Crippen LogP contribution in [0.2, 0.25) is 0 Å². The SMILES string of the molecule is CCN(Cc1nnc(C)o1)Cc1ccc(Br)s1. The molecule has 0 saturated heterocycles. The summed E-state index contributed by atoms with van der Waals surface area (Å²) in [6, 6.07) is 4.21. The first kappa shape index (κ1) is 12.7. The molecule has 0 spiro atoms. The van der Waals surface area contributed by atoms with Gasteiger partial charge >= 0.3 is 0 Å². The Morgan fingerprint density at radius 2 is 2.18 bits per heavy atom. The first-order valence-electron chi connectivity index (χ1n) is 5.43. The van der Waals surface area contributed by atoms with E-state index in [0.717, 1.165) is 16.9 Å². The summed E-state index contributed by atoms with van der Waals surface area (Å²) in [6.07, 6.45) is 0. The van der Waals surface area contributed by atoms with Crippen LogP contribution in [0.4, 0.5) is 0 Å². The molecule has 2 aromatic heterocycles. The van der Waals surface area contributed by atoms with Crippen LogP contribution in [-0.2, 0) is 13.1 Å². The molecule has 4 nitrogen and oxygen atoms in total. The van der Waals surface area contributed by atoms with Gasteiger partial charge < -0.3 is 4.42 Å². The maximum atomic E-state index is 5.39. The highest BCUT2D eigenvalue weighted by atomic mass is 79.9. The summed E-state index contributed by atoms with van der Waals surface area (Å²) in [5, 5.41) is 7.85. The molecule has 0 unspecified atom stereocenters. The lowest BCUT2D eigenvalue weighted by Crippen LogP contribution is -2.21. The number of aromatic nitrogens is 2. The first-order chi connectivity index (χ1) is 8.17. The summed E-state index contributed by atoms with van der Waals surface area (Å²) < 4.78 is 6.55. The van der Waals surface area contributed by atoms with Crippen molar-refractivity contribution in [2.45, 2.75) is 26.9 Å². The summed E-state index contributed by atoms with van der Waals surface area (Å²) in [5.41, 5.74) is 0. The van der Waals surface area contributed by atoms with E-state index >= 15 is 0 Å². The van der Waals surface area contributed by atoms with Crippen LogP contribution in [0.1, 0.15) is 23.6 Å². The van der Waals surface area contributed by atoms with E-state index in [1.165, 1.54) is 4.88 Å². The Hall–Kier alpha value is -0.720. The van der Waals surface area contributed by atoms with Crippen molar-refractivity contribution in [3.05, 3.63) is 32.6 Å². The van der Waals surface area contributed by atoms with E-state index in [-0.39, 0.29) is 0 Å². The Bertz CT molecular complexity index is 440. The number of aryl methyl sites for hydroxylation is 1. The highest BCUT2D eigenvalue weighted by molar-refractivity contribution is 9.11. The van der Waals surface area contributed by atoms with Gasteiger partial charge in [0.25, 0.3) is 0 Å². The molecule has 0 saturated carbocycles. The molecule has 17 heavy (non-hydrogen) atoms. The predicted molar refractivity (Wildman–Crippen MR) is 70.8 cm³/mol. The van der Waals surface area contributed by atoms with E-state index in [2.05, 4.69) is 50.1 Å². The standard InChI is InChI=1S/C11H14BrN3OS/c1-3-15(6-9-4-5-10(12)17-9)7-11-14-13-8(2)16-11/h4-5H,3,6-7H2,1-2H3. The second-order valence-corrected chi connectivity index (χ2v) is 6.27. The Labute approximate surface area is 113 Å². The molecule has 0 amide bonds. The number of hydrogen-bond donors (Lipinski definition) is 0. The number of halogens is 1. The average Bonchev–Trinajstić information content (AvgIpc) is 2.87. The van der Waals surface area contributed by atoms with Crippen molar-refractivity contribution in [3.8, 4) is 0 Å². The molecule has 2 rings (SSSR count). The molecule has 92 valence electrons. The molecule has 0 bridgehead atoms. The zero-order chi connectivity index (χ0) is 12.3. The molecular formula is C11H14BrN3OS. The lowest BCUT2D eigenvalue weighted by molar-refractivity contribution is 0.243. The largest absolute Gasteiger partial charge is 0.424 e. The smallest absolute Gasteiger partial charge is 0.230 e. The number of thiophene rings is 1. The molecule has 6 heteroatoms. The molecule has 0 aliphatic carbocycles. The maximum Gasteiger partial charge on any atom is 0.230 e. The summed E-state index contributed by atoms with van der Waals surface area (Å²) in [6.45, 7) is 6.51. The molecule has 0 aromatic carbocycles. The Morgan fingerprint density at radius 1 is 1.35 bits per heavy atom. The maximum absolute atomic E-state index is 5.39. The Balaban J connectivity index is 1.97. The molecule has 0 radical (unpaired) electrons. The third-order valence-corrected chi connectivity index (χ3v) is 3.99. The molecule has 2 heterocycles. The van der Waals surface area contributed by atoms with E-state index < -0.39 is 0 Å². The van der Waals surface area contributed by atoms with Crippen LogP contribution in [0.25, 0.3) is 0 Å². The fourth-order valence-corrected chi connectivity index (χ4v) is 3.05. The van der Waals surface area contributed by atoms with Gasteiger partial charge in [0.1, 0.15) is 0 Å². The predicted octanol–water partition coefficient (Wildman–Crippen LogP) is 3.22. The second-order valence-electron chi connectivity index (χ2n) is 3.72. The minimum atomic E-state index is 0.620. The lowest BCUT2D eigenvalue weighted by Gasteiger charge is -2.16. The van der Waals surface area contributed by atoms with Gasteiger partial charge in [-0.15, -0.1) is 21.5 Å². The summed E-state index contributed by atoms with van der Waals surface area (Å²) in [4.78, 5) is 3.60. The van der Waals surface area contributed by atoms with Crippen molar-refractivity contribution in [2.75, 3.05) is 6.54 Å². The van der Waals surface area contributed by atoms with Gasteiger partial charge in [-0.25, -0.2) is 0 Å². The zero-order valence-electron chi connectivity index (χ0n) is 9.81. The molecular weight excluding hydrogens is 302 g/mol. The van der Waals surface area contributed by atoms with Crippen LogP contribution in [0.5, 0.6) is 0 Å². The zero-order valence-corrected chi connectivity index (χ0v) is 12.2. The minimum absolute atomic E-state index is 0.620. The van der Waals surface area contributed by atoms with Gasteiger partial charge in [0.05, 0.1) is 10.3 Å². The van der Waals surface area contributed by atoms with E-state index in [4.69, 9.17) is 4.42 Å². The number of hydrogen-bond acceptors (Lipinski definition) is 5.